The van der Waals surface area contributed by atoms with Crippen molar-refractivity contribution in [2.24, 2.45) is 0 Å². The first-order valence-electron chi connectivity index (χ1n) is 10.4. The predicted octanol–water partition coefficient (Wildman–Crippen LogP) is 2.49. The minimum Gasteiger partial charge on any atom is -0.379 e. The van der Waals surface area contributed by atoms with E-state index < -0.39 is 0 Å². The Hall–Kier alpha value is -2.55. The van der Waals surface area contributed by atoms with E-state index in [1.54, 1.807) is 0 Å². The molecule has 0 bridgehead atoms. The quantitative estimate of drug-likeness (QED) is 0.680. The average Bonchev–Trinajstić information content (AvgIpc) is 3.40. The van der Waals surface area contributed by atoms with Crippen molar-refractivity contribution >= 4 is 34.4 Å². The number of rotatable bonds is 5. The monoisotopic (exact) mass is 423 g/mol. The molecule has 30 heavy (non-hydrogen) atoms. The number of ether oxygens (including phenoxy) is 1. The average molecular weight is 424 g/mol. The molecule has 1 amide bonds. The van der Waals surface area contributed by atoms with Gasteiger partial charge in [0, 0.05) is 44.5 Å². The molecule has 0 radical (unpaired) electrons. The van der Waals surface area contributed by atoms with E-state index in [0.717, 1.165) is 62.0 Å². The highest BCUT2D eigenvalue weighted by Crippen LogP contribution is 2.31. The summed E-state index contributed by atoms with van der Waals surface area (Å²) in [4.78, 5) is 17.6. The Kier molecular flexibility index (Phi) is 5.37. The summed E-state index contributed by atoms with van der Waals surface area (Å²) in [7, 11) is 2.14. The van der Waals surface area contributed by atoms with Crippen LogP contribution in [0.15, 0.2) is 36.4 Å². The van der Waals surface area contributed by atoms with Crippen molar-refractivity contribution in [3.63, 3.8) is 0 Å². The summed E-state index contributed by atoms with van der Waals surface area (Å²) in [6.45, 7) is 4.81. The van der Waals surface area contributed by atoms with Gasteiger partial charge in [0.2, 0.25) is 0 Å². The van der Waals surface area contributed by atoms with Gasteiger partial charge in [-0.1, -0.05) is 12.1 Å². The van der Waals surface area contributed by atoms with Crippen LogP contribution in [0.3, 0.4) is 0 Å². The van der Waals surface area contributed by atoms with Crippen molar-refractivity contribution in [2.75, 3.05) is 51.3 Å². The Labute approximate surface area is 180 Å². The fourth-order valence-electron chi connectivity index (χ4n) is 4.36. The number of carbonyl (C=O) groups is 1. The predicted molar refractivity (Wildman–Crippen MR) is 118 cm³/mol. The first-order chi connectivity index (χ1) is 14.7. The van der Waals surface area contributed by atoms with Gasteiger partial charge < -0.3 is 15.0 Å². The number of benzene rings is 2. The molecule has 0 unspecified atom stereocenters. The molecule has 1 saturated heterocycles. The third kappa shape index (κ3) is 3.78. The molecule has 0 saturated carbocycles. The Balaban J connectivity index is 1.36. The lowest BCUT2D eigenvalue weighted by molar-refractivity contribution is 0.0162. The number of nitrogens with zero attached hydrogens (tertiary/aromatic N) is 4. The second-order valence-corrected chi connectivity index (χ2v) is 8.43. The zero-order valence-electron chi connectivity index (χ0n) is 17.0. The van der Waals surface area contributed by atoms with E-state index in [9.17, 15) is 4.79 Å². The van der Waals surface area contributed by atoms with Crippen molar-refractivity contribution in [3.8, 4) is 0 Å². The van der Waals surface area contributed by atoms with Gasteiger partial charge in [0.15, 0.2) is 0 Å². The molecule has 5 rings (SSSR count). The molecule has 0 aliphatic carbocycles. The molecule has 3 heterocycles. The first-order valence-corrected chi connectivity index (χ1v) is 11.1. The number of anilines is 1. The number of fused-ring (bicyclic) bond motifs is 2. The second-order valence-electron chi connectivity index (χ2n) is 7.90. The summed E-state index contributed by atoms with van der Waals surface area (Å²) < 4.78 is 14.0. The molecule has 7 nitrogen and oxygen atoms in total. The Morgan fingerprint density at radius 3 is 2.83 bits per heavy atom. The van der Waals surface area contributed by atoms with Crippen LogP contribution >= 0.6 is 11.7 Å². The van der Waals surface area contributed by atoms with E-state index in [0.29, 0.717) is 12.1 Å². The number of carbonyl (C=O) groups excluding carboxylic acids is 1. The van der Waals surface area contributed by atoms with Gasteiger partial charge in [-0.2, -0.15) is 8.75 Å². The first kappa shape index (κ1) is 19.4. The van der Waals surface area contributed by atoms with E-state index in [1.807, 2.05) is 18.2 Å². The van der Waals surface area contributed by atoms with Crippen LogP contribution in [0, 0.1) is 0 Å². The molecular weight excluding hydrogens is 398 g/mol. The highest BCUT2D eigenvalue weighted by molar-refractivity contribution is 7.00. The second kappa shape index (κ2) is 8.29. The molecular formula is C22H25N5O2S. The summed E-state index contributed by atoms with van der Waals surface area (Å²) in [6, 6.07) is 12.3. The van der Waals surface area contributed by atoms with Gasteiger partial charge in [-0.25, -0.2) is 0 Å². The van der Waals surface area contributed by atoms with Crippen LogP contribution in [0.1, 0.15) is 27.5 Å². The van der Waals surface area contributed by atoms with Gasteiger partial charge in [-0.3, -0.25) is 9.69 Å². The van der Waals surface area contributed by atoms with Crippen LogP contribution < -0.4 is 10.2 Å². The molecule has 2 aromatic carbocycles. The highest BCUT2D eigenvalue weighted by Gasteiger charge is 2.25. The number of hydrogen-bond donors (Lipinski definition) is 1. The van der Waals surface area contributed by atoms with E-state index in [-0.39, 0.29) is 11.9 Å². The molecule has 156 valence electrons. The molecule has 1 fully saturated rings. The fraction of sp³-hybridized carbons (Fsp3) is 0.409. The normalized spacial score (nSPS) is 17.8. The van der Waals surface area contributed by atoms with E-state index in [1.165, 1.54) is 16.8 Å². The molecule has 1 aromatic heterocycles. The zero-order valence-corrected chi connectivity index (χ0v) is 17.8. The summed E-state index contributed by atoms with van der Waals surface area (Å²) >= 11 is 1.16. The summed E-state index contributed by atoms with van der Waals surface area (Å²) in [5.74, 6) is -0.0796. The van der Waals surface area contributed by atoms with Gasteiger partial charge in [0.1, 0.15) is 11.0 Å². The maximum Gasteiger partial charge on any atom is 0.251 e. The van der Waals surface area contributed by atoms with Crippen LogP contribution in [-0.2, 0) is 11.2 Å². The number of amides is 1. The van der Waals surface area contributed by atoms with Crippen molar-refractivity contribution in [1.29, 1.82) is 0 Å². The van der Waals surface area contributed by atoms with Crippen LogP contribution in [0.5, 0.6) is 0 Å². The number of aromatic nitrogens is 2. The fourth-order valence-corrected chi connectivity index (χ4v) is 4.87. The minimum absolute atomic E-state index is 0.0796. The van der Waals surface area contributed by atoms with Gasteiger partial charge >= 0.3 is 0 Å². The minimum atomic E-state index is -0.0796. The Bertz CT molecular complexity index is 1060. The van der Waals surface area contributed by atoms with E-state index in [4.69, 9.17) is 4.74 Å². The van der Waals surface area contributed by atoms with Crippen molar-refractivity contribution in [3.05, 3.63) is 53.1 Å². The number of hydrogen-bond acceptors (Lipinski definition) is 7. The largest absolute Gasteiger partial charge is 0.379 e. The topological polar surface area (TPSA) is 70.6 Å². The summed E-state index contributed by atoms with van der Waals surface area (Å²) in [6.07, 6.45) is 1.07. The van der Waals surface area contributed by atoms with Gasteiger partial charge in [0.05, 0.1) is 31.0 Å². The molecule has 1 atom stereocenters. The van der Waals surface area contributed by atoms with E-state index in [2.05, 4.69) is 49.1 Å². The number of nitrogens with one attached hydrogen (secondary N) is 1. The molecule has 3 aromatic rings. The Morgan fingerprint density at radius 2 is 1.97 bits per heavy atom. The van der Waals surface area contributed by atoms with Crippen LogP contribution in [0.4, 0.5) is 5.69 Å². The van der Waals surface area contributed by atoms with Crippen LogP contribution in [0.25, 0.3) is 11.0 Å². The molecule has 1 N–H and O–H groups in total. The number of morpholine rings is 1. The van der Waals surface area contributed by atoms with E-state index >= 15 is 0 Å². The van der Waals surface area contributed by atoms with Gasteiger partial charge in [0.25, 0.3) is 5.91 Å². The maximum absolute atomic E-state index is 12.9. The smallest absolute Gasteiger partial charge is 0.251 e. The molecule has 2 aliphatic heterocycles. The lowest BCUT2D eigenvalue weighted by atomic mass is 10.00. The van der Waals surface area contributed by atoms with Gasteiger partial charge in [-0.05, 0) is 41.8 Å². The molecule has 8 heteroatoms. The van der Waals surface area contributed by atoms with Crippen LogP contribution in [-0.4, -0.2) is 66.0 Å². The third-order valence-corrected chi connectivity index (χ3v) is 6.63. The zero-order chi connectivity index (χ0) is 20.5. The lowest BCUT2D eigenvalue weighted by Crippen LogP contribution is -2.43. The standard InChI is InChI=1S/C22H25N5O2S/c1-26-7-6-16-12-15(3-5-20(16)26)21(27-8-10-29-11-9-27)14-23-22(28)17-2-4-18-19(13-17)25-30-24-18/h2-5,12-13,21H,6-11,14H2,1H3,(H,23,28)/t21-/m1/s1. The highest BCUT2D eigenvalue weighted by atomic mass is 32.1. The van der Waals surface area contributed by atoms with Gasteiger partial charge in [-0.15, -0.1) is 0 Å². The third-order valence-electron chi connectivity index (χ3n) is 6.07. The molecule has 2 aliphatic rings. The Morgan fingerprint density at radius 1 is 1.13 bits per heavy atom. The van der Waals surface area contributed by atoms with Crippen molar-refractivity contribution in [2.45, 2.75) is 12.5 Å². The SMILES string of the molecule is CN1CCc2cc([C@@H](CNC(=O)c3ccc4nsnc4c3)N3CCOCC3)ccc21. The summed E-state index contributed by atoms with van der Waals surface area (Å²) in [5.41, 5.74) is 6.16. The number of likely N-dealkylation sites (N-methyl/N-ethyl adjacent to an activating group) is 1. The van der Waals surface area contributed by atoms with Crippen LogP contribution in [0.2, 0.25) is 0 Å². The maximum atomic E-state index is 12.9. The van der Waals surface area contributed by atoms with Crippen molar-refractivity contribution in [1.82, 2.24) is 19.0 Å². The summed E-state index contributed by atoms with van der Waals surface area (Å²) in [5, 5.41) is 3.15. The molecule has 0 spiro atoms. The lowest BCUT2D eigenvalue weighted by Gasteiger charge is -2.35. The van der Waals surface area contributed by atoms with Crippen molar-refractivity contribution < 1.29 is 9.53 Å².